The molecule has 1 fully saturated rings. The Hall–Kier alpha value is -1.36. The molecule has 0 radical (unpaired) electrons. The number of hydrogen-bond acceptors (Lipinski definition) is 3. The molecule has 1 aromatic rings. The van der Waals surface area contributed by atoms with Crippen LogP contribution in [0.4, 0.5) is 5.69 Å². The standard InChI is InChI=1S/C12H15NO3S/c1-8-4-9(2)6-11(5-8)13-12(14)10(3)7-17(13,15)16/h4-6,10H,7H2,1-3H3. The third-order valence-corrected chi connectivity index (χ3v) is 4.67. The lowest BCUT2D eigenvalue weighted by Gasteiger charge is -2.16. The first kappa shape index (κ1) is 12.1. The number of anilines is 1. The Morgan fingerprint density at radius 1 is 1.18 bits per heavy atom. The fourth-order valence-corrected chi connectivity index (χ4v) is 3.96. The maximum absolute atomic E-state index is 11.9. The topological polar surface area (TPSA) is 54.5 Å². The van der Waals surface area contributed by atoms with Gasteiger partial charge in [-0.05, 0) is 37.1 Å². The minimum atomic E-state index is -3.49. The Balaban J connectivity index is 2.56. The lowest BCUT2D eigenvalue weighted by molar-refractivity contribution is -0.119. The highest BCUT2D eigenvalue weighted by Crippen LogP contribution is 2.29. The molecular formula is C12H15NO3S. The van der Waals surface area contributed by atoms with Gasteiger partial charge in [-0.25, -0.2) is 12.7 Å². The Kier molecular flexibility index (Phi) is 2.73. The highest BCUT2D eigenvalue weighted by Gasteiger charge is 2.41. The van der Waals surface area contributed by atoms with Crippen LogP contribution in [0.1, 0.15) is 18.1 Å². The van der Waals surface area contributed by atoms with Crippen LogP contribution < -0.4 is 4.31 Å². The van der Waals surface area contributed by atoms with E-state index < -0.39 is 15.9 Å². The molecule has 1 heterocycles. The number of carbonyl (C=O) groups excluding carboxylic acids is 1. The van der Waals surface area contributed by atoms with Gasteiger partial charge in [0, 0.05) is 0 Å². The van der Waals surface area contributed by atoms with Gasteiger partial charge in [-0.15, -0.1) is 0 Å². The first-order valence-electron chi connectivity index (χ1n) is 5.46. The largest absolute Gasteiger partial charge is 0.273 e. The van der Waals surface area contributed by atoms with Crippen LogP contribution in [0.15, 0.2) is 18.2 Å². The molecule has 0 bridgehead atoms. The summed E-state index contributed by atoms with van der Waals surface area (Å²) >= 11 is 0. The van der Waals surface area contributed by atoms with Crippen LogP contribution in [0.25, 0.3) is 0 Å². The second-order valence-corrected chi connectivity index (χ2v) is 6.49. The molecule has 0 aliphatic carbocycles. The molecule has 1 amide bonds. The molecule has 1 atom stereocenters. The summed E-state index contributed by atoms with van der Waals surface area (Å²) in [5.41, 5.74) is 2.35. The van der Waals surface area contributed by atoms with Gasteiger partial charge in [0.25, 0.3) is 0 Å². The van der Waals surface area contributed by atoms with Crippen molar-refractivity contribution in [3.05, 3.63) is 29.3 Å². The lowest BCUT2D eigenvalue weighted by atomic mass is 10.1. The number of sulfonamides is 1. The number of aryl methyl sites for hydroxylation is 2. The smallest absolute Gasteiger partial charge is 0.244 e. The van der Waals surface area contributed by atoms with E-state index in [0.29, 0.717) is 5.69 Å². The number of hydrogen-bond donors (Lipinski definition) is 0. The molecule has 0 saturated carbocycles. The van der Waals surface area contributed by atoms with E-state index in [9.17, 15) is 13.2 Å². The highest BCUT2D eigenvalue weighted by molar-refractivity contribution is 7.94. The van der Waals surface area contributed by atoms with Crippen molar-refractivity contribution < 1.29 is 13.2 Å². The molecule has 0 aromatic heterocycles. The first-order chi connectivity index (χ1) is 7.81. The predicted molar refractivity (Wildman–Crippen MR) is 66.4 cm³/mol. The molecule has 1 aliphatic rings. The molecule has 2 rings (SSSR count). The summed E-state index contributed by atoms with van der Waals surface area (Å²) < 4.78 is 24.8. The quantitative estimate of drug-likeness (QED) is 0.764. The number of benzene rings is 1. The van der Waals surface area contributed by atoms with Crippen molar-refractivity contribution in [2.45, 2.75) is 20.8 Å². The maximum Gasteiger partial charge on any atom is 0.244 e. The third-order valence-electron chi connectivity index (χ3n) is 2.80. The maximum atomic E-state index is 11.9. The number of amides is 1. The van der Waals surface area contributed by atoms with E-state index in [2.05, 4.69) is 0 Å². The summed E-state index contributed by atoms with van der Waals surface area (Å²) in [6.07, 6.45) is 0. The Labute approximate surface area is 101 Å². The minimum Gasteiger partial charge on any atom is -0.273 e. The molecule has 0 N–H and O–H groups in total. The summed E-state index contributed by atoms with van der Waals surface area (Å²) in [6, 6.07) is 5.39. The average Bonchev–Trinajstić information content (AvgIpc) is 2.33. The Morgan fingerprint density at radius 3 is 2.12 bits per heavy atom. The predicted octanol–water partition coefficient (Wildman–Crippen LogP) is 1.62. The zero-order valence-electron chi connectivity index (χ0n) is 10.1. The molecule has 17 heavy (non-hydrogen) atoms. The van der Waals surface area contributed by atoms with E-state index in [1.54, 1.807) is 19.1 Å². The Bertz CT molecular complexity index is 557. The van der Waals surface area contributed by atoms with Gasteiger partial charge in [0.15, 0.2) is 0 Å². The van der Waals surface area contributed by atoms with Gasteiger partial charge in [0.2, 0.25) is 15.9 Å². The van der Waals surface area contributed by atoms with Crippen molar-refractivity contribution in [2.75, 3.05) is 10.1 Å². The SMILES string of the molecule is Cc1cc(C)cc(N2C(=O)C(C)CS2(=O)=O)c1. The van der Waals surface area contributed by atoms with Gasteiger partial charge in [0.1, 0.15) is 0 Å². The van der Waals surface area contributed by atoms with E-state index in [-0.39, 0.29) is 11.7 Å². The van der Waals surface area contributed by atoms with Gasteiger partial charge in [-0.1, -0.05) is 13.0 Å². The van der Waals surface area contributed by atoms with Gasteiger partial charge in [-0.3, -0.25) is 4.79 Å². The van der Waals surface area contributed by atoms with E-state index in [1.807, 2.05) is 19.9 Å². The van der Waals surface area contributed by atoms with Crippen LogP contribution in [0.5, 0.6) is 0 Å². The molecule has 4 nitrogen and oxygen atoms in total. The van der Waals surface area contributed by atoms with Gasteiger partial charge < -0.3 is 0 Å². The number of nitrogens with zero attached hydrogens (tertiary/aromatic N) is 1. The molecule has 1 unspecified atom stereocenters. The zero-order chi connectivity index (χ0) is 12.8. The minimum absolute atomic E-state index is 0.0984. The molecule has 1 aliphatic heterocycles. The lowest BCUT2D eigenvalue weighted by Crippen LogP contribution is -2.30. The summed E-state index contributed by atoms with van der Waals surface area (Å²) in [7, 11) is -3.49. The van der Waals surface area contributed by atoms with Crippen LogP contribution in [-0.4, -0.2) is 20.1 Å². The van der Waals surface area contributed by atoms with Crippen LogP contribution in [0.3, 0.4) is 0 Å². The number of rotatable bonds is 1. The molecular weight excluding hydrogens is 238 g/mol. The summed E-state index contributed by atoms with van der Waals surface area (Å²) in [5, 5.41) is 0. The van der Waals surface area contributed by atoms with Crippen molar-refractivity contribution in [2.24, 2.45) is 5.92 Å². The average molecular weight is 253 g/mol. The summed E-state index contributed by atoms with van der Waals surface area (Å²) in [6.45, 7) is 5.41. The molecule has 92 valence electrons. The first-order valence-corrected chi connectivity index (χ1v) is 7.07. The second kappa shape index (κ2) is 3.84. The normalized spacial score (nSPS) is 23.1. The third kappa shape index (κ3) is 2.07. The second-order valence-electron chi connectivity index (χ2n) is 4.63. The zero-order valence-corrected chi connectivity index (χ0v) is 10.9. The van der Waals surface area contributed by atoms with Crippen molar-refractivity contribution in [1.29, 1.82) is 0 Å². The van der Waals surface area contributed by atoms with E-state index in [1.165, 1.54) is 0 Å². The van der Waals surface area contributed by atoms with Crippen molar-refractivity contribution in [3.63, 3.8) is 0 Å². The highest BCUT2D eigenvalue weighted by atomic mass is 32.2. The van der Waals surface area contributed by atoms with Crippen LogP contribution in [0.2, 0.25) is 0 Å². The van der Waals surface area contributed by atoms with E-state index >= 15 is 0 Å². The van der Waals surface area contributed by atoms with Gasteiger partial charge >= 0.3 is 0 Å². The van der Waals surface area contributed by atoms with Crippen LogP contribution >= 0.6 is 0 Å². The van der Waals surface area contributed by atoms with E-state index in [0.717, 1.165) is 15.4 Å². The fourth-order valence-electron chi connectivity index (χ4n) is 2.15. The molecule has 0 spiro atoms. The van der Waals surface area contributed by atoms with Gasteiger partial charge in [-0.2, -0.15) is 0 Å². The van der Waals surface area contributed by atoms with Gasteiger partial charge in [0.05, 0.1) is 17.4 Å². The summed E-state index contributed by atoms with van der Waals surface area (Å²) in [4.78, 5) is 11.9. The summed E-state index contributed by atoms with van der Waals surface area (Å²) in [5.74, 6) is -0.894. The van der Waals surface area contributed by atoms with Crippen LogP contribution in [-0.2, 0) is 14.8 Å². The van der Waals surface area contributed by atoms with Crippen LogP contribution in [0, 0.1) is 19.8 Å². The molecule has 1 aromatic carbocycles. The van der Waals surface area contributed by atoms with Crippen molar-refractivity contribution in [1.82, 2.24) is 0 Å². The van der Waals surface area contributed by atoms with Crippen molar-refractivity contribution in [3.8, 4) is 0 Å². The van der Waals surface area contributed by atoms with E-state index in [4.69, 9.17) is 0 Å². The number of carbonyl (C=O) groups is 1. The monoisotopic (exact) mass is 253 g/mol. The Morgan fingerprint density at radius 2 is 1.71 bits per heavy atom. The fraction of sp³-hybridized carbons (Fsp3) is 0.417. The molecule has 1 saturated heterocycles. The van der Waals surface area contributed by atoms with Crippen molar-refractivity contribution >= 4 is 21.6 Å². The molecule has 5 heteroatoms.